The number of thiazole rings is 1. The molecule has 25 heavy (non-hydrogen) atoms. The summed E-state index contributed by atoms with van der Waals surface area (Å²) in [6, 6.07) is 10.4. The molecule has 0 saturated carbocycles. The van der Waals surface area contributed by atoms with Crippen LogP contribution in [0.5, 0.6) is 0 Å². The van der Waals surface area contributed by atoms with E-state index in [1.807, 2.05) is 29.6 Å². The number of carbonyl (C=O) groups excluding carboxylic acids is 1. The molecule has 3 heterocycles. The highest BCUT2D eigenvalue weighted by Crippen LogP contribution is 2.33. The average Bonchev–Trinajstić information content (AvgIpc) is 3.21. The maximum Gasteiger partial charge on any atom is 0.267 e. The van der Waals surface area contributed by atoms with Crippen molar-refractivity contribution in [1.82, 2.24) is 9.97 Å². The van der Waals surface area contributed by atoms with E-state index in [0.717, 1.165) is 10.4 Å². The number of anilines is 1. The van der Waals surface area contributed by atoms with Crippen LogP contribution in [0.15, 0.2) is 48.0 Å². The summed E-state index contributed by atoms with van der Waals surface area (Å²) in [4.78, 5) is 21.7. The standard InChI is InChI=1S/C18H12FN3OS2/c1-10-15-11(19)5-4-7-14(15)25-16(10)17(23)22-18-21-13(9-24-18)12-6-2-3-8-20-12/h2-9H,1H3,(H,21,22,23). The van der Waals surface area contributed by atoms with Crippen molar-refractivity contribution in [3.05, 3.63) is 64.2 Å². The molecule has 4 nitrogen and oxygen atoms in total. The summed E-state index contributed by atoms with van der Waals surface area (Å²) in [7, 11) is 0. The number of nitrogens with one attached hydrogen (secondary N) is 1. The molecule has 124 valence electrons. The molecule has 0 aliphatic rings. The van der Waals surface area contributed by atoms with Crippen LogP contribution in [-0.2, 0) is 0 Å². The SMILES string of the molecule is Cc1c(C(=O)Nc2nc(-c3ccccn3)cs2)sc2cccc(F)c12. The van der Waals surface area contributed by atoms with Gasteiger partial charge in [0.1, 0.15) is 11.5 Å². The molecular weight excluding hydrogens is 357 g/mol. The van der Waals surface area contributed by atoms with Crippen molar-refractivity contribution in [3.8, 4) is 11.4 Å². The number of aryl methyl sites for hydroxylation is 1. The predicted molar refractivity (Wildman–Crippen MR) is 99.8 cm³/mol. The lowest BCUT2D eigenvalue weighted by Crippen LogP contribution is -2.11. The molecule has 0 unspecified atom stereocenters. The van der Waals surface area contributed by atoms with E-state index in [1.54, 1.807) is 19.2 Å². The number of hydrogen-bond acceptors (Lipinski definition) is 5. The van der Waals surface area contributed by atoms with E-state index in [2.05, 4.69) is 15.3 Å². The van der Waals surface area contributed by atoms with Gasteiger partial charge in [-0.1, -0.05) is 12.1 Å². The second-order valence-corrected chi connectivity index (χ2v) is 7.29. The van der Waals surface area contributed by atoms with E-state index < -0.39 is 0 Å². The zero-order valence-corrected chi connectivity index (χ0v) is 14.7. The van der Waals surface area contributed by atoms with Gasteiger partial charge in [-0.3, -0.25) is 15.1 Å². The Morgan fingerprint density at radius 2 is 2.04 bits per heavy atom. The highest BCUT2D eigenvalue weighted by molar-refractivity contribution is 7.21. The Kier molecular flexibility index (Phi) is 4.03. The number of fused-ring (bicyclic) bond motifs is 1. The molecule has 1 amide bonds. The summed E-state index contributed by atoms with van der Waals surface area (Å²) in [6.07, 6.45) is 1.70. The molecule has 0 spiro atoms. The van der Waals surface area contributed by atoms with Gasteiger partial charge in [0.15, 0.2) is 5.13 Å². The first kappa shape index (κ1) is 15.9. The fraction of sp³-hybridized carbons (Fsp3) is 0.0556. The van der Waals surface area contributed by atoms with Gasteiger partial charge in [0.05, 0.1) is 10.6 Å². The van der Waals surface area contributed by atoms with Crippen molar-refractivity contribution in [2.24, 2.45) is 0 Å². The average molecular weight is 369 g/mol. The molecule has 0 aliphatic carbocycles. The molecule has 4 rings (SSSR count). The van der Waals surface area contributed by atoms with Crippen molar-refractivity contribution >= 4 is 43.8 Å². The van der Waals surface area contributed by atoms with Crippen molar-refractivity contribution in [2.45, 2.75) is 6.92 Å². The Balaban J connectivity index is 1.62. The Morgan fingerprint density at radius 1 is 1.16 bits per heavy atom. The molecule has 0 bridgehead atoms. The van der Waals surface area contributed by atoms with Gasteiger partial charge in [0.2, 0.25) is 0 Å². The molecule has 0 aliphatic heterocycles. The van der Waals surface area contributed by atoms with Gasteiger partial charge in [0.25, 0.3) is 5.91 Å². The third-order valence-electron chi connectivity index (χ3n) is 3.76. The first-order valence-corrected chi connectivity index (χ1v) is 9.19. The smallest absolute Gasteiger partial charge is 0.267 e. The Hall–Kier alpha value is -2.64. The summed E-state index contributed by atoms with van der Waals surface area (Å²) in [5, 5.41) is 5.64. The molecule has 4 aromatic rings. The minimum absolute atomic E-state index is 0.278. The highest BCUT2D eigenvalue weighted by Gasteiger charge is 2.19. The van der Waals surface area contributed by atoms with Crippen LogP contribution in [0, 0.1) is 12.7 Å². The van der Waals surface area contributed by atoms with Crippen molar-refractivity contribution in [3.63, 3.8) is 0 Å². The van der Waals surface area contributed by atoms with Gasteiger partial charge in [-0.15, -0.1) is 22.7 Å². The summed E-state index contributed by atoms with van der Waals surface area (Å²) in [5.41, 5.74) is 2.11. The van der Waals surface area contributed by atoms with Gasteiger partial charge < -0.3 is 0 Å². The zero-order valence-electron chi connectivity index (χ0n) is 13.1. The topological polar surface area (TPSA) is 54.9 Å². The lowest BCUT2D eigenvalue weighted by Gasteiger charge is -2.00. The van der Waals surface area contributed by atoms with Crippen molar-refractivity contribution < 1.29 is 9.18 Å². The van der Waals surface area contributed by atoms with Gasteiger partial charge in [-0.2, -0.15) is 0 Å². The van der Waals surface area contributed by atoms with Gasteiger partial charge >= 0.3 is 0 Å². The second-order valence-electron chi connectivity index (χ2n) is 5.38. The number of nitrogens with zero attached hydrogens (tertiary/aromatic N) is 2. The first-order chi connectivity index (χ1) is 12.1. The number of carbonyl (C=O) groups is 1. The fourth-order valence-electron chi connectivity index (χ4n) is 2.59. The lowest BCUT2D eigenvalue weighted by atomic mass is 10.1. The Bertz CT molecular complexity index is 1070. The largest absolute Gasteiger partial charge is 0.297 e. The van der Waals surface area contributed by atoms with Crippen molar-refractivity contribution in [1.29, 1.82) is 0 Å². The number of rotatable bonds is 3. The molecule has 0 radical (unpaired) electrons. The second kappa shape index (κ2) is 6.34. The molecule has 3 aromatic heterocycles. The van der Waals surface area contributed by atoms with Crippen LogP contribution in [-0.4, -0.2) is 15.9 Å². The number of halogens is 1. The molecule has 1 aromatic carbocycles. The van der Waals surface area contributed by atoms with Crippen LogP contribution in [0.25, 0.3) is 21.5 Å². The quantitative estimate of drug-likeness (QED) is 0.545. The van der Waals surface area contributed by atoms with Crippen LogP contribution in [0.4, 0.5) is 9.52 Å². The normalized spacial score (nSPS) is 11.0. The third-order valence-corrected chi connectivity index (χ3v) is 5.77. The molecule has 0 atom stereocenters. The van der Waals surface area contributed by atoms with Gasteiger partial charge in [-0.05, 0) is 36.8 Å². The first-order valence-electron chi connectivity index (χ1n) is 7.49. The maximum atomic E-state index is 14.0. The third kappa shape index (κ3) is 2.92. The number of aromatic nitrogens is 2. The minimum atomic E-state index is -0.308. The van der Waals surface area contributed by atoms with Gasteiger partial charge in [0, 0.05) is 21.7 Å². The minimum Gasteiger partial charge on any atom is -0.297 e. The van der Waals surface area contributed by atoms with E-state index in [1.165, 1.54) is 28.7 Å². The number of pyridine rings is 1. The summed E-state index contributed by atoms with van der Waals surface area (Å²) >= 11 is 2.61. The molecule has 0 saturated heterocycles. The van der Waals surface area contributed by atoms with Crippen LogP contribution < -0.4 is 5.32 Å². The van der Waals surface area contributed by atoms with E-state index in [0.29, 0.717) is 26.7 Å². The van der Waals surface area contributed by atoms with E-state index >= 15 is 0 Å². The lowest BCUT2D eigenvalue weighted by molar-refractivity contribution is 0.103. The monoisotopic (exact) mass is 369 g/mol. The Morgan fingerprint density at radius 3 is 2.80 bits per heavy atom. The fourth-order valence-corrected chi connectivity index (χ4v) is 4.40. The summed E-state index contributed by atoms with van der Waals surface area (Å²) in [6.45, 7) is 1.76. The number of hydrogen-bond donors (Lipinski definition) is 1. The molecule has 7 heteroatoms. The molecule has 1 N–H and O–H groups in total. The summed E-state index contributed by atoms with van der Waals surface area (Å²) < 4.78 is 14.8. The van der Waals surface area contributed by atoms with Crippen LogP contribution in [0.2, 0.25) is 0 Å². The predicted octanol–water partition coefficient (Wildman–Crippen LogP) is 5.12. The molecular formula is C18H12FN3OS2. The Labute approximate surface area is 151 Å². The number of benzene rings is 1. The van der Waals surface area contributed by atoms with Crippen molar-refractivity contribution in [2.75, 3.05) is 5.32 Å². The van der Waals surface area contributed by atoms with Crippen LogP contribution >= 0.6 is 22.7 Å². The number of amides is 1. The highest BCUT2D eigenvalue weighted by atomic mass is 32.1. The van der Waals surface area contributed by atoms with E-state index in [-0.39, 0.29) is 11.7 Å². The maximum absolute atomic E-state index is 14.0. The van der Waals surface area contributed by atoms with E-state index in [4.69, 9.17) is 0 Å². The number of thiophene rings is 1. The van der Waals surface area contributed by atoms with Crippen LogP contribution in [0.1, 0.15) is 15.2 Å². The van der Waals surface area contributed by atoms with E-state index in [9.17, 15) is 9.18 Å². The zero-order chi connectivity index (χ0) is 17.4. The van der Waals surface area contributed by atoms with Crippen LogP contribution in [0.3, 0.4) is 0 Å². The summed E-state index contributed by atoms with van der Waals surface area (Å²) in [5.74, 6) is -0.586. The van der Waals surface area contributed by atoms with Gasteiger partial charge in [-0.25, -0.2) is 9.37 Å². The molecule has 0 fully saturated rings.